The number of anilines is 2. The Labute approximate surface area is 213 Å². The quantitative estimate of drug-likeness (QED) is 0.351. The van der Waals surface area contributed by atoms with E-state index in [2.05, 4.69) is 36.3 Å². The lowest BCUT2D eigenvalue weighted by Gasteiger charge is -2.41. The zero-order valence-electron chi connectivity index (χ0n) is 21.0. The summed E-state index contributed by atoms with van der Waals surface area (Å²) < 4.78 is 5.44. The zero-order chi connectivity index (χ0) is 25.0. The molecule has 4 atom stereocenters. The lowest BCUT2D eigenvalue weighted by molar-refractivity contribution is -0.154. The fourth-order valence-electron chi connectivity index (χ4n) is 5.57. The minimum Gasteiger partial charge on any atom is -0.464 e. The number of carbonyl (C=O) groups excluding carboxylic acids is 1. The molecular weight excluding hydrogens is 452 g/mol. The van der Waals surface area contributed by atoms with E-state index in [9.17, 15) is 4.79 Å². The van der Waals surface area contributed by atoms with Crippen molar-refractivity contribution in [3.8, 4) is 0 Å². The average molecular weight is 487 g/mol. The van der Waals surface area contributed by atoms with Gasteiger partial charge in [-0.15, -0.1) is 0 Å². The number of hydrogen-bond donors (Lipinski definition) is 0. The van der Waals surface area contributed by atoms with Crippen molar-refractivity contribution in [2.24, 2.45) is 0 Å². The highest BCUT2D eigenvalue weighted by Crippen LogP contribution is 2.55. The fourth-order valence-corrected chi connectivity index (χ4v) is 5.57. The van der Waals surface area contributed by atoms with E-state index in [1.54, 1.807) is 0 Å². The number of hydrogen-bond acceptors (Lipinski definition) is 6. The van der Waals surface area contributed by atoms with Crippen LogP contribution < -0.4 is 10.1 Å². The summed E-state index contributed by atoms with van der Waals surface area (Å²) in [6.07, 6.45) is 2.33. The van der Waals surface area contributed by atoms with Crippen LogP contribution in [0.1, 0.15) is 51.2 Å². The molecule has 36 heavy (non-hydrogen) atoms. The van der Waals surface area contributed by atoms with Gasteiger partial charge in [0.25, 0.3) is 0 Å². The summed E-state index contributed by atoms with van der Waals surface area (Å²) in [5, 5.41) is 4.01. The lowest BCUT2D eigenvalue weighted by atomic mass is 9.76. The van der Waals surface area contributed by atoms with E-state index in [1.807, 2.05) is 78.7 Å². The maximum absolute atomic E-state index is 13.0. The van der Waals surface area contributed by atoms with Crippen LogP contribution in [0.5, 0.6) is 0 Å². The summed E-state index contributed by atoms with van der Waals surface area (Å²) in [6, 6.07) is 30.4. The Morgan fingerprint density at radius 2 is 1.50 bits per heavy atom. The molecule has 1 unspecified atom stereocenters. The second-order valence-corrected chi connectivity index (χ2v) is 9.39. The predicted octanol–water partition coefficient (Wildman–Crippen LogP) is 6.25. The largest absolute Gasteiger partial charge is 0.464 e. The molecule has 2 saturated heterocycles. The summed E-state index contributed by atoms with van der Waals surface area (Å²) >= 11 is 0. The Balaban J connectivity index is 1.69. The number of nitrogens with zero attached hydrogens (tertiary/aromatic N) is 2. The molecular formula is C30H34N2O4. The summed E-state index contributed by atoms with van der Waals surface area (Å²) in [5.74, 6) is -0.338. The van der Waals surface area contributed by atoms with E-state index in [4.69, 9.17) is 14.4 Å². The number of unbranched alkanes of at least 4 members (excludes halogenated alkanes) is 1. The maximum Gasteiger partial charge on any atom is 0.338 e. The van der Waals surface area contributed by atoms with Gasteiger partial charge in [0.1, 0.15) is 11.6 Å². The number of carbonyl (C=O) groups is 1. The first kappa shape index (κ1) is 24.3. The van der Waals surface area contributed by atoms with Gasteiger partial charge in [-0.3, -0.25) is 9.68 Å². The van der Waals surface area contributed by atoms with Crippen LogP contribution in [0.3, 0.4) is 0 Å². The summed E-state index contributed by atoms with van der Waals surface area (Å²) in [6.45, 7) is 4.33. The predicted molar refractivity (Wildman–Crippen MR) is 140 cm³/mol. The SMILES string of the molecule is CCCC[C@@H]1N(c2ccccc2)O[C@@H](c2ccccc2)[C@]12CC(C(=O)OCC)ON2c1ccccc1. The Hall–Kier alpha value is -3.35. The molecule has 3 aromatic carbocycles. The van der Waals surface area contributed by atoms with Crippen molar-refractivity contribution < 1.29 is 19.2 Å². The molecule has 0 bridgehead atoms. The Morgan fingerprint density at radius 1 is 0.889 bits per heavy atom. The molecule has 0 saturated carbocycles. The van der Waals surface area contributed by atoms with E-state index in [-0.39, 0.29) is 18.1 Å². The standard InChI is InChI=1S/C30H34N2O4/c1-3-5-21-27-30(22-26(29(33)34-4-2)35-32(30)25-19-13-8-14-20-25)28(23-15-9-6-10-16-23)36-31(27)24-17-11-7-12-18-24/h6-20,26-28H,3-5,21-22H2,1-2H3/t26?,27-,28-,30-/m0/s1. The van der Waals surface area contributed by atoms with Gasteiger partial charge in [-0.1, -0.05) is 86.5 Å². The first-order valence-corrected chi connectivity index (χ1v) is 12.9. The molecule has 2 heterocycles. The number of esters is 1. The van der Waals surface area contributed by atoms with Gasteiger partial charge in [0, 0.05) is 6.42 Å². The van der Waals surface area contributed by atoms with Crippen LogP contribution in [0.4, 0.5) is 11.4 Å². The highest BCUT2D eigenvalue weighted by Gasteiger charge is 2.66. The number of ether oxygens (including phenoxy) is 1. The van der Waals surface area contributed by atoms with Crippen molar-refractivity contribution in [3.05, 3.63) is 96.6 Å². The smallest absolute Gasteiger partial charge is 0.338 e. The summed E-state index contributed by atoms with van der Waals surface area (Å²) in [5.41, 5.74) is 2.27. The van der Waals surface area contributed by atoms with Crippen LogP contribution >= 0.6 is 0 Å². The Kier molecular flexibility index (Phi) is 7.25. The number of benzene rings is 3. The number of rotatable bonds is 8. The molecule has 5 rings (SSSR count). The number of hydroxylamine groups is 2. The van der Waals surface area contributed by atoms with E-state index in [0.29, 0.717) is 13.0 Å². The molecule has 2 aliphatic heterocycles. The van der Waals surface area contributed by atoms with Crippen molar-refractivity contribution in [3.63, 3.8) is 0 Å². The minimum absolute atomic E-state index is 0.0651. The van der Waals surface area contributed by atoms with Gasteiger partial charge in [0.15, 0.2) is 6.10 Å². The second-order valence-electron chi connectivity index (χ2n) is 9.39. The van der Waals surface area contributed by atoms with Gasteiger partial charge < -0.3 is 4.74 Å². The molecule has 0 aromatic heterocycles. The third kappa shape index (κ3) is 4.36. The van der Waals surface area contributed by atoms with E-state index >= 15 is 0 Å². The molecule has 2 fully saturated rings. The van der Waals surface area contributed by atoms with Crippen LogP contribution in [0.25, 0.3) is 0 Å². The normalized spacial score (nSPS) is 25.4. The van der Waals surface area contributed by atoms with E-state index in [1.165, 1.54) is 0 Å². The van der Waals surface area contributed by atoms with Gasteiger partial charge in [0.05, 0.1) is 24.0 Å². The molecule has 0 N–H and O–H groups in total. The Morgan fingerprint density at radius 3 is 2.11 bits per heavy atom. The highest BCUT2D eigenvalue weighted by molar-refractivity contribution is 5.76. The van der Waals surface area contributed by atoms with Gasteiger partial charge in [0.2, 0.25) is 0 Å². The highest BCUT2D eigenvalue weighted by atomic mass is 16.7. The number of para-hydroxylation sites is 2. The van der Waals surface area contributed by atoms with Crippen molar-refractivity contribution in [1.82, 2.24) is 0 Å². The second kappa shape index (κ2) is 10.7. The van der Waals surface area contributed by atoms with Crippen molar-refractivity contribution >= 4 is 17.3 Å². The van der Waals surface area contributed by atoms with Crippen molar-refractivity contribution in [1.29, 1.82) is 0 Å². The molecule has 1 spiro atoms. The van der Waals surface area contributed by atoms with Gasteiger partial charge in [-0.25, -0.2) is 14.9 Å². The zero-order valence-corrected chi connectivity index (χ0v) is 21.0. The molecule has 0 aliphatic carbocycles. The monoisotopic (exact) mass is 486 g/mol. The molecule has 0 radical (unpaired) electrons. The van der Waals surface area contributed by atoms with Gasteiger partial charge >= 0.3 is 5.97 Å². The minimum atomic E-state index is -0.722. The fraction of sp³-hybridized carbons (Fsp3) is 0.367. The van der Waals surface area contributed by atoms with E-state index < -0.39 is 11.6 Å². The van der Waals surface area contributed by atoms with Crippen molar-refractivity contribution in [2.45, 2.75) is 63.3 Å². The molecule has 0 amide bonds. The first-order chi connectivity index (χ1) is 17.7. The topological polar surface area (TPSA) is 51.2 Å². The lowest BCUT2D eigenvalue weighted by Crippen LogP contribution is -2.56. The van der Waals surface area contributed by atoms with E-state index in [0.717, 1.165) is 36.2 Å². The summed E-state index contributed by atoms with van der Waals surface area (Å²) in [7, 11) is 0. The third-order valence-corrected chi connectivity index (χ3v) is 7.14. The van der Waals surface area contributed by atoms with Gasteiger partial charge in [-0.05, 0) is 43.2 Å². The maximum atomic E-state index is 13.0. The van der Waals surface area contributed by atoms with Crippen molar-refractivity contribution in [2.75, 3.05) is 16.7 Å². The van der Waals surface area contributed by atoms with Crippen LogP contribution in [-0.4, -0.2) is 30.3 Å². The van der Waals surface area contributed by atoms with Gasteiger partial charge in [-0.2, -0.15) is 0 Å². The molecule has 6 heteroatoms. The summed E-state index contributed by atoms with van der Waals surface area (Å²) in [4.78, 5) is 26.4. The van der Waals surface area contributed by atoms with Crippen LogP contribution in [0, 0.1) is 0 Å². The molecule has 6 nitrogen and oxygen atoms in total. The molecule has 3 aromatic rings. The van der Waals surface area contributed by atoms with Crippen LogP contribution in [0.15, 0.2) is 91.0 Å². The third-order valence-electron chi connectivity index (χ3n) is 7.14. The van der Waals surface area contributed by atoms with Crippen LogP contribution in [0.2, 0.25) is 0 Å². The van der Waals surface area contributed by atoms with Crippen LogP contribution in [-0.2, 0) is 19.2 Å². The molecule has 188 valence electrons. The average Bonchev–Trinajstić information content (AvgIpc) is 3.48. The first-order valence-electron chi connectivity index (χ1n) is 12.9. The Bertz CT molecular complexity index is 1130. The molecule has 2 aliphatic rings.